The van der Waals surface area contributed by atoms with Gasteiger partial charge in [-0.1, -0.05) is 36.4 Å². The van der Waals surface area contributed by atoms with Crippen LogP contribution in [0.1, 0.15) is 37.0 Å². The number of methoxy groups -OCH3 is 2. The molecule has 2 aromatic carbocycles. The lowest BCUT2D eigenvalue weighted by Crippen LogP contribution is -2.53. The minimum atomic E-state index is -0.625. The van der Waals surface area contributed by atoms with Gasteiger partial charge in [-0.2, -0.15) is 0 Å². The van der Waals surface area contributed by atoms with Gasteiger partial charge in [0.05, 0.1) is 25.9 Å². The Bertz CT molecular complexity index is 817. The molecule has 0 bridgehead atoms. The number of hydrogen-bond acceptors (Lipinski definition) is 5. The molecule has 0 spiro atoms. The van der Waals surface area contributed by atoms with Crippen molar-refractivity contribution < 1.29 is 19.4 Å². The first-order valence-electron chi connectivity index (χ1n) is 9.94. The van der Waals surface area contributed by atoms with E-state index in [4.69, 9.17) is 9.47 Å². The lowest BCUT2D eigenvalue weighted by atomic mass is 9.80. The van der Waals surface area contributed by atoms with Gasteiger partial charge in [-0.25, -0.2) is 0 Å². The number of carbonyl (C=O) groups excluding carboxylic acids is 1. The van der Waals surface area contributed by atoms with Crippen LogP contribution >= 0.6 is 0 Å². The second kappa shape index (κ2) is 9.29. The van der Waals surface area contributed by atoms with E-state index in [9.17, 15) is 9.90 Å². The highest BCUT2D eigenvalue weighted by atomic mass is 16.5. The van der Waals surface area contributed by atoms with Gasteiger partial charge in [-0.15, -0.1) is 0 Å². The van der Waals surface area contributed by atoms with Crippen LogP contribution in [0.25, 0.3) is 0 Å². The van der Waals surface area contributed by atoms with Gasteiger partial charge in [-0.3, -0.25) is 4.79 Å². The molecule has 0 radical (unpaired) electrons. The van der Waals surface area contributed by atoms with Crippen molar-refractivity contribution in [1.82, 2.24) is 10.2 Å². The van der Waals surface area contributed by atoms with Crippen LogP contribution < -0.4 is 14.8 Å². The summed E-state index contributed by atoms with van der Waals surface area (Å²) in [4.78, 5) is 14.1. The minimum absolute atomic E-state index is 0.0207. The number of benzene rings is 2. The second-order valence-electron chi connectivity index (χ2n) is 7.56. The number of ether oxygens (including phenoxy) is 2. The predicted molar refractivity (Wildman–Crippen MR) is 112 cm³/mol. The van der Waals surface area contributed by atoms with Gasteiger partial charge in [-0.05, 0) is 36.1 Å². The van der Waals surface area contributed by atoms with Crippen LogP contribution in [0.5, 0.6) is 11.5 Å². The van der Waals surface area contributed by atoms with E-state index in [1.807, 2.05) is 36.4 Å². The molecule has 0 saturated carbocycles. The topological polar surface area (TPSA) is 71.0 Å². The number of nitrogens with zero attached hydrogens (tertiary/aromatic N) is 1. The van der Waals surface area contributed by atoms with Crippen LogP contribution in [0.15, 0.2) is 48.5 Å². The predicted octanol–water partition coefficient (Wildman–Crippen LogP) is 2.86. The van der Waals surface area contributed by atoms with Crippen LogP contribution in [0.2, 0.25) is 0 Å². The third kappa shape index (κ3) is 4.89. The first-order chi connectivity index (χ1) is 14.0. The summed E-state index contributed by atoms with van der Waals surface area (Å²) in [6.07, 6.45) is 0.976. The summed E-state index contributed by atoms with van der Waals surface area (Å²) in [5.74, 6) is 1.23. The molecule has 1 amide bonds. The highest BCUT2D eigenvalue weighted by molar-refractivity contribution is 5.74. The highest BCUT2D eigenvalue weighted by Gasteiger charge is 2.37. The first kappa shape index (κ1) is 21.1. The smallest absolute Gasteiger partial charge is 0.217 e. The van der Waals surface area contributed by atoms with Crippen molar-refractivity contribution in [1.29, 1.82) is 0 Å². The van der Waals surface area contributed by atoms with Crippen LogP contribution in [-0.2, 0) is 10.3 Å². The van der Waals surface area contributed by atoms with Crippen LogP contribution in [-0.4, -0.2) is 49.8 Å². The van der Waals surface area contributed by atoms with Crippen molar-refractivity contribution in [2.24, 2.45) is 0 Å². The molecule has 0 aliphatic carbocycles. The van der Waals surface area contributed by atoms with E-state index >= 15 is 0 Å². The lowest BCUT2D eigenvalue weighted by Gasteiger charge is -2.43. The number of β-amino-alcohol motifs (C(OH)–C–C–N with tert-alkyl or cyclic N) is 1. The average Bonchev–Trinajstić information content (AvgIpc) is 2.75. The van der Waals surface area contributed by atoms with Gasteiger partial charge in [0.15, 0.2) is 11.5 Å². The number of likely N-dealkylation sites (tertiary alicyclic amines) is 1. The monoisotopic (exact) mass is 398 g/mol. The Morgan fingerprint density at radius 1 is 1.10 bits per heavy atom. The quantitative estimate of drug-likeness (QED) is 0.751. The zero-order valence-electron chi connectivity index (χ0n) is 17.4. The van der Waals surface area contributed by atoms with Crippen LogP contribution in [0.4, 0.5) is 0 Å². The Morgan fingerprint density at radius 3 is 2.34 bits per heavy atom. The summed E-state index contributed by atoms with van der Waals surface area (Å²) in [6.45, 7) is 3.68. The fraction of sp³-hybridized carbons (Fsp3) is 0.435. The molecule has 1 saturated heterocycles. The van der Waals surface area contributed by atoms with E-state index in [1.165, 1.54) is 0 Å². The molecule has 0 unspecified atom stereocenters. The Balaban J connectivity index is 1.67. The van der Waals surface area contributed by atoms with Gasteiger partial charge in [0.2, 0.25) is 5.91 Å². The molecule has 1 heterocycles. The van der Waals surface area contributed by atoms with Crippen molar-refractivity contribution in [2.75, 3.05) is 33.9 Å². The third-order valence-corrected chi connectivity index (χ3v) is 5.67. The molecule has 29 heavy (non-hydrogen) atoms. The second-order valence-corrected chi connectivity index (χ2v) is 7.56. The van der Waals surface area contributed by atoms with E-state index in [0.717, 1.165) is 37.1 Å². The minimum Gasteiger partial charge on any atom is -0.493 e. The molecular weight excluding hydrogens is 368 g/mol. The van der Waals surface area contributed by atoms with E-state index in [0.29, 0.717) is 18.0 Å². The standard InChI is InChI=1S/C23H30N2O4/c1-17(26)24-23(19-7-5-4-6-8-19)11-13-25(14-12-23)16-20(27)18-9-10-21(28-2)22(15-18)29-3/h4-10,15,20,27H,11-14,16H2,1-3H3,(H,24,26)/t20-/m1/s1. The number of hydrogen-bond donors (Lipinski definition) is 2. The van der Waals surface area contributed by atoms with Gasteiger partial charge in [0.25, 0.3) is 0 Å². The molecule has 1 aliphatic heterocycles. The Labute approximate surface area is 172 Å². The lowest BCUT2D eigenvalue weighted by molar-refractivity contribution is -0.121. The number of aliphatic hydroxyl groups is 1. The Kier molecular flexibility index (Phi) is 6.77. The molecule has 1 aliphatic rings. The molecule has 1 fully saturated rings. The van der Waals surface area contributed by atoms with Crippen molar-refractivity contribution in [3.8, 4) is 11.5 Å². The third-order valence-electron chi connectivity index (χ3n) is 5.67. The molecule has 1 atom stereocenters. The van der Waals surface area contributed by atoms with Gasteiger partial charge >= 0.3 is 0 Å². The maximum Gasteiger partial charge on any atom is 0.217 e. The number of nitrogens with one attached hydrogen (secondary N) is 1. The molecular formula is C23H30N2O4. The van der Waals surface area contributed by atoms with Gasteiger partial charge in [0.1, 0.15) is 0 Å². The number of amides is 1. The number of carbonyl (C=O) groups is 1. The largest absolute Gasteiger partial charge is 0.493 e. The summed E-state index contributed by atoms with van der Waals surface area (Å²) in [5.41, 5.74) is 1.58. The summed E-state index contributed by atoms with van der Waals surface area (Å²) in [5, 5.41) is 13.9. The zero-order valence-corrected chi connectivity index (χ0v) is 17.4. The summed E-state index contributed by atoms with van der Waals surface area (Å²) in [6, 6.07) is 15.6. The SMILES string of the molecule is COc1ccc([C@H](O)CN2CCC(NC(C)=O)(c3ccccc3)CC2)cc1OC. The number of rotatable bonds is 7. The maximum atomic E-state index is 11.9. The summed E-state index contributed by atoms with van der Waals surface area (Å²) < 4.78 is 10.6. The van der Waals surface area contributed by atoms with Crippen molar-refractivity contribution in [2.45, 2.75) is 31.4 Å². The van der Waals surface area contributed by atoms with Crippen LogP contribution in [0.3, 0.4) is 0 Å². The molecule has 6 heteroatoms. The van der Waals surface area contributed by atoms with Crippen LogP contribution in [0, 0.1) is 0 Å². The number of aliphatic hydroxyl groups excluding tert-OH is 1. The van der Waals surface area contributed by atoms with Crippen molar-refractivity contribution in [3.05, 3.63) is 59.7 Å². The molecule has 6 nitrogen and oxygen atoms in total. The van der Waals surface area contributed by atoms with E-state index in [-0.39, 0.29) is 11.4 Å². The summed E-state index contributed by atoms with van der Waals surface area (Å²) >= 11 is 0. The van der Waals surface area contributed by atoms with E-state index < -0.39 is 6.10 Å². The first-order valence-corrected chi connectivity index (χ1v) is 9.94. The molecule has 2 aromatic rings. The van der Waals surface area contributed by atoms with E-state index in [2.05, 4.69) is 22.3 Å². The molecule has 3 rings (SSSR count). The fourth-order valence-electron chi connectivity index (χ4n) is 4.11. The zero-order chi connectivity index (χ0) is 20.9. The van der Waals surface area contributed by atoms with Crippen molar-refractivity contribution in [3.63, 3.8) is 0 Å². The Hall–Kier alpha value is -2.57. The molecule has 0 aromatic heterocycles. The average molecular weight is 399 g/mol. The van der Waals surface area contributed by atoms with E-state index in [1.54, 1.807) is 21.1 Å². The number of piperidine rings is 1. The fourth-order valence-corrected chi connectivity index (χ4v) is 4.11. The Morgan fingerprint density at radius 2 is 1.76 bits per heavy atom. The maximum absolute atomic E-state index is 11.9. The normalized spacial score (nSPS) is 17.4. The molecule has 2 N–H and O–H groups in total. The summed E-state index contributed by atoms with van der Waals surface area (Å²) in [7, 11) is 3.18. The van der Waals surface area contributed by atoms with Gasteiger partial charge < -0.3 is 24.8 Å². The van der Waals surface area contributed by atoms with Gasteiger partial charge in [0, 0.05) is 26.6 Å². The molecule has 156 valence electrons. The van der Waals surface area contributed by atoms with Crippen molar-refractivity contribution >= 4 is 5.91 Å². The highest BCUT2D eigenvalue weighted by Crippen LogP contribution is 2.34.